The van der Waals surface area contributed by atoms with Crippen molar-refractivity contribution >= 4 is 11.9 Å². The number of nitrogens with one attached hydrogen (secondary N) is 1. The lowest BCUT2D eigenvalue weighted by molar-refractivity contribution is 0.0517. The van der Waals surface area contributed by atoms with Crippen molar-refractivity contribution in [3.63, 3.8) is 0 Å². The quantitative estimate of drug-likeness (QED) is 0.299. The van der Waals surface area contributed by atoms with E-state index in [1.165, 1.54) is 0 Å². The van der Waals surface area contributed by atoms with Gasteiger partial charge in [-0.2, -0.15) is 0 Å². The zero-order valence-electron chi connectivity index (χ0n) is 12.6. The second-order valence-electron chi connectivity index (χ2n) is 6.17. The van der Waals surface area contributed by atoms with E-state index in [0.717, 1.165) is 6.42 Å². The summed E-state index contributed by atoms with van der Waals surface area (Å²) in [6.45, 7) is 10.1. The van der Waals surface area contributed by atoms with Gasteiger partial charge < -0.3 is 21.0 Å². The van der Waals surface area contributed by atoms with Crippen LogP contribution in [0.5, 0.6) is 0 Å². The highest BCUT2D eigenvalue weighted by molar-refractivity contribution is 5.79. The van der Waals surface area contributed by atoms with Gasteiger partial charge in [0.1, 0.15) is 11.4 Å². The lowest BCUT2D eigenvalue weighted by Crippen LogP contribution is -2.36. The van der Waals surface area contributed by atoms with Crippen molar-refractivity contribution in [1.29, 1.82) is 0 Å². The number of hydrogen-bond donors (Lipinski definition) is 3. The van der Waals surface area contributed by atoms with Gasteiger partial charge in [-0.1, -0.05) is 19.0 Å². The van der Waals surface area contributed by atoms with Crippen LogP contribution in [0.25, 0.3) is 0 Å². The van der Waals surface area contributed by atoms with Gasteiger partial charge in [0.2, 0.25) is 0 Å². The minimum Gasteiger partial charge on any atom is -0.444 e. The average molecular weight is 273 g/mol. The first-order chi connectivity index (χ1) is 8.64. The normalized spacial score (nSPS) is 14.3. The van der Waals surface area contributed by atoms with E-state index in [-0.39, 0.29) is 11.8 Å². The van der Waals surface area contributed by atoms with Crippen LogP contribution >= 0.6 is 0 Å². The number of rotatable bonds is 6. The second-order valence-corrected chi connectivity index (χ2v) is 6.17. The average Bonchev–Trinajstić information content (AvgIpc) is 2.22. The molecule has 19 heavy (non-hydrogen) atoms. The highest BCUT2D eigenvalue weighted by Crippen LogP contribution is 2.15. The third-order valence-electron chi connectivity index (χ3n) is 2.36. The van der Waals surface area contributed by atoms with E-state index in [1.54, 1.807) is 0 Å². The predicted molar refractivity (Wildman–Crippen MR) is 75.2 cm³/mol. The van der Waals surface area contributed by atoms with Crippen LogP contribution in [-0.2, 0) is 4.74 Å². The molecule has 1 unspecified atom stereocenters. The van der Waals surface area contributed by atoms with Crippen LogP contribution in [-0.4, -0.2) is 29.3 Å². The fourth-order valence-electron chi connectivity index (χ4n) is 1.78. The minimum absolute atomic E-state index is 0.128. The summed E-state index contributed by atoms with van der Waals surface area (Å²) in [6, 6.07) is 0. The van der Waals surface area contributed by atoms with Gasteiger partial charge >= 0.3 is 6.09 Å². The number of nitrogens with zero attached hydrogens (tertiary/aromatic N) is 1. The Kier molecular flexibility index (Phi) is 7.26. The van der Waals surface area contributed by atoms with E-state index in [2.05, 4.69) is 24.3 Å². The Balaban J connectivity index is 4.29. The van der Waals surface area contributed by atoms with Crippen molar-refractivity contribution in [2.45, 2.75) is 53.1 Å². The Hall–Kier alpha value is -1.46. The largest absolute Gasteiger partial charge is 0.444 e. The van der Waals surface area contributed by atoms with Crippen molar-refractivity contribution in [3.05, 3.63) is 0 Å². The van der Waals surface area contributed by atoms with Crippen LogP contribution in [0, 0.1) is 11.8 Å². The molecule has 0 saturated carbocycles. The molecule has 0 aliphatic carbocycles. The number of amidine groups is 1. The molecule has 0 rings (SSSR count). The van der Waals surface area contributed by atoms with Gasteiger partial charge in [0.05, 0.1) is 0 Å². The van der Waals surface area contributed by atoms with Gasteiger partial charge in [0.25, 0.3) is 0 Å². The first-order valence-corrected chi connectivity index (χ1v) is 6.57. The second kappa shape index (κ2) is 7.86. The topological polar surface area (TPSA) is 96.9 Å². The van der Waals surface area contributed by atoms with E-state index >= 15 is 0 Å². The fraction of sp³-hybridized carbons (Fsp3) is 0.846. The summed E-state index contributed by atoms with van der Waals surface area (Å²) in [5.41, 5.74) is 5.00. The van der Waals surface area contributed by atoms with E-state index < -0.39 is 11.7 Å². The highest BCUT2D eigenvalue weighted by Gasteiger charge is 2.18. The molecule has 0 aromatic heterocycles. The van der Waals surface area contributed by atoms with Crippen LogP contribution in [0.3, 0.4) is 0 Å². The van der Waals surface area contributed by atoms with Crippen molar-refractivity contribution in [2.24, 2.45) is 22.7 Å². The monoisotopic (exact) mass is 273 g/mol. The maximum Gasteiger partial charge on any atom is 0.407 e. The summed E-state index contributed by atoms with van der Waals surface area (Å²) >= 11 is 0. The molecule has 0 bridgehead atoms. The lowest BCUT2D eigenvalue weighted by atomic mass is 9.94. The number of hydrogen-bond acceptors (Lipinski definition) is 4. The smallest absolute Gasteiger partial charge is 0.407 e. The standard InChI is InChI=1S/C13H27N3O3/c1-9(2)6-10(7-11(14)16-18)8-15-12(17)19-13(3,4)5/h9-10,18H,6-8H2,1-5H3,(H2,14,16)(H,15,17). The molecule has 0 aliphatic rings. The van der Waals surface area contributed by atoms with Crippen LogP contribution in [0.2, 0.25) is 0 Å². The van der Waals surface area contributed by atoms with Gasteiger partial charge in [0, 0.05) is 13.0 Å². The SMILES string of the molecule is CC(C)CC(CNC(=O)OC(C)(C)C)C/C(N)=N/O. The zero-order chi connectivity index (χ0) is 15.1. The maximum absolute atomic E-state index is 11.6. The molecule has 1 amide bonds. The van der Waals surface area contributed by atoms with Crippen LogP contribution in [0.4, 0.5) is 4.79 Å². The maximum atomic E-state index is 11.6. The lowest BCUT2D eigenvalue weighted by Gasteiger charge is -2.22. The minimum atomic E-state index is -0.511. The molecule has 1 atom stereocenters. The van der Waals surface area contributed by atoms with Gasteiger partial charge in [-0.15, -0.1) is 0 Å². The Morgan fingerprint density at radius 2 is 2.00 bits per heavy atom. The third kappa shape index (κ3) is 10.2. The number of ether oxygens (including phenoxy) is 1. The summed E-state index contributed by atoms with van der Waals surface area (Å²) < 4.78 is 5.16. The molecule has 112 valence electrons. The van der Waals surface area contributed by atoms with Crippen molar-refractivity contribution < 1.29 is 14.7 Å². The Bertz CT molecular complexity index is 309. The number of nitrogens with two attached hydrogens (primary N) is 1. The summed E-state index contributed by atoms with van der Waals surface area (Å²) in [7, 11) is 0. The molecule has 0 fully saturated rings. The molecule has 0 radical (unpaired) electrons. The van der Waals surface area contributed by atoms with Crippen molar-refractivity contribution in [2.75, 3.05) is 6.54 Å². The van der Waals surface area contributed by atoms with Gasteiger partial charge in [-0.05, 0) is 39.0 Å². The summed E-state index contributed by atoms with van der Waals surface area (Å²) in [6.07, 6.45) is 0.886. The molecule has 0 aliphatic heterocycles. The predicted octanol–water partition coefficient (Wildman–Crippen LogP) is 2.31. The molecule has 0 aromatic carbocycles. The molecule has 4 N–H and O–H groups in total. The number of carbonyl (C=O) groups is 1. The molecular weight excluding hydrogens is 246 g/mol. The van der Waals surface area contributed by atoms with Gasteiger partial charge in [0.15, 0.2) is 0 Å². The number of amides is 1. The number of oxime groups is 1. The molecule has 6 heteroatoms. The molecule has 0 heterocycles. The molecular formula is C13H27N3O3. The van der Waals surface area contributed by atoms with Crippen molar-refractivity contribution in [1.82, 2.24) is 5.32 Å². The zero-order valence-corrected chi connectivity index (χ0v) is 12.6. The van der Waals surface area contributed by atoms with E-state index in [4.69, 9.17) is 15.7 Å². The van der Waals surface area contributed by atoms with Gasteiger partial charge in [-0.3, -0.25) is 0 Å². The van der Waals surface area contributed by atoms with Gasteiger partial charge in [-0.25, -0.2) is 4.79 Å². The fourth-order valence-corrected chi connectivity index (χ4v) is 1.78. The Morgan fingerprint density at radius 3 is 2.42 bits per heavy atom. The number of carbonyl (C=O) groups excluding carboxylic acids is 1. The highest BCUT2D eigenvalue weighted by atomic mass is 16.6. The van der Waals surface area contributed by atoms with E-state index in [1.807, 2.05) is 20.8 Å². The van der Waals surface area contributed by atoms with Crippen LogP contribution in [0.15, 0.2) is 5.16 Å². The van der Waals surface area contributed by atoms with Crippen molar-refractivity contribution in [3.8, 4) is 0 Å². The molecule has 0 spiro atoms. The molecule has 0 aromatic rings. The number of alkyl carbamates (subject to hydrolysis) is 1. The summed E-state index contributed by atoms with van der Waals surface area (Å²) in [5, 5.41) is 14.3. The Labute approximate surface area is 115 Å². The summed E-state index contributed by atoms with van der Waals surface area (Å²) in [4.78, 5) is 11.6. The van der Waals surface area contributed by atoms with Crippen LogP contribution in [0.1, 0.15) is 47.5 Å². The molecule has 6 nitrogen and oxygen atoms in total. The van der Waals surface area contributed by atoms with Crippen LogP contribution < -0.4 is 11.1 Å². The first-order valence-electron chi connectivity index (χ1n) is 6.57. The Morgan fingerprint density at radius 1 is 1.42 bits per heavy atom. The first kappa shape index (κ1) is 17.5. The van der Waals surface area contributed by atoms with E-state index in [0.29, 0.717) is 18.9 Å². The summed E-state index contributed by atoms with van der Waals surface area (Å²) in [5.74, 6) is 0.775. The third-order valence-corrected chi connectivity index (χ3v) is 2.36. The van der Waals surface area contributed by atoms with E-state index in [9.17, 15) is 4.79 Å². The molecule has 0 saturated heterocycles.